The molecule has 0 bridgehead atoms. The van der Waals surface area contributed by atoms with Gasteiger partial charge in [-0.25, -0.2) is 4.39 Å². The first kappa shape index (κ1) is 21.2. The van der Waals surface area contributed by atoms with E-state index < -0.39 is 5.82 Å². The zero-order chi connectivity index (χ0) is 21.1. The van der Waals surface area contributed by atoms with E-state index in [1.807, 2.05) is 16.7 Å². The summed E-state index contributed by atoms with van der Waals surface area (Å²) in [5, 5.41) is 0. The molecule has 1 aromatic rings. The Hall–Kier alpha value is -2.48. The van der Waals surface area contributed by atoms with Crippen molar-refractivity contribution in [2.24, 2.45) is 0 Å². The minimum absolute atomic E-state index is 0.0461. The largest absolute Gasteiger partial charge is 0.367 e. The lowest BCUT2D eigenvalue weighted by Crippen LogP contribution is -2.58. The molecule has 1 atom stereocenters. The molecule has 2 fully saturated rings. The highest BCUT2D eigenvalue weighted by Crippen LogP contribution is 2.23. The highest BCUT2D eigenvalue weighted by Gasteiger charge is 2.31. The number of carbonyl (C=O) groups excluding carboxylic acids is 3. The minimum Gasteiger partial charge on any atom is -0.367 e. The Labute approximate surface area is 171 Å². The number of Topliss-reactive ketones (excluding diaryl/α,β-unsaturated/α-hetero) is 1. The number of nitrogens with zero attached hydrogens (tertiary/aromatic N) is 4. The van der Waals surface area contributed by atoms with Crippen LogP contribution in [0.15, 0.2) is 18.2 Å². The Kier molecular flexibility index (Phi) is 6.52. The summed E-state index contributed by atoms with van der Waals surface area (Å²) in [4.78, 5) is 43.4. The van der Waals surface area contributed by atoms with Crippen molar-refractivity contribution < 1.29 is 18.8 Å². The van der Waals surface area contributed by atoms with Crippen LogP contribution in [0.25, 0.3) is 0 Å². The lowest BCUT2D eigenvalue weighted by Gasteiger charge is -2.41. The smallest absolute Gasteiger partial charge is 0.239 e. The van der Waals surface area contributed by atoms with Gasteiger partial charge in [0.05, 0.1) is 11.7 Å². The van der Waals surface area contributed by atoms with Crippen LogP contribution in [0.2, 0.25) is 0 Å². The number of anilines is 1. The highest BCUT2D eigenvalue weighted by atomic mass is 19.1. The normalized spacial score (nSPS) is 19.2. The fourth-order valence-corrected chi connectivity index (χ4v) is 3.99. The molecule has 2 aliphatic heterocycles. The van der Waals surface area contributed by atoms with Gasteiger partial charge in [-0.1, -0.05) is 0 Å². The Balaban J connectivity index is 1.54. The van der Waals surface area contributed by atoms with Crippen molar-refractivity contribution >= 4 is 23.3 Å². The van der Waals surface area contributed by atoms with Crippen molar-refractivity contribution in [3.05, 3.63) is 29.6 Å². The number of carbonyl (C=O) groups is 3. The summed E-state index contributed by atoms with van der Waals surface area (Å²) in [6.45, 7) is 9.74. The van der Waals surface area contributed by atoms with Crippen molar-refractivity contribution in [1.29, 1.82) is 0 Å². The molecule has 2 saturated heterocycles. The van der Waals surface area contributed by atoms with Crippen molar-refractivity contribution in [1.82, 2.24) is 14.7 Å². The summed E-state index contributed by atoms with van der Waals surface area (Å²) >= 11 is 0. The van der Waals surface area contributed by atoms with Gasteiger partial charge in [-0.15, -0.1) is 0 Å². The average Bonchev–Trinajstić information content (AvgIpc) is 2.72. The fourth-order valence-electron chi connectivity index (χ4n) is 3.99. The summed E-state index contributed by atoms with van der Waals surface area (Å²) in [5.41, 5.74) is 0.864. The monoisotopic (exact) mass is 404 g/mol. The van der Waals surface area contributed by atoms with Gasteiger partial charge < -0.3 is 14.7 Å². The maximum atomic E-state index is 14.4. The van der Waals surface area contributed by atoms with Crippen LogP contribution in [-0.4, -0.2) is 90.7 Å². The summed E-state index contributed by atoms with van der Waals surface area (Å²) in [6, 6.07) is 4.35. The van der Waals surface area contributed by atoms with Gasteiger partial charge in [0.15, 0.2) is 5.78 Å². The van der Waals surface area contributed by atoms with Gasteiger partial charge in [0.25, 0.3) is 0 Å². The van der Waals surface area contributed by atoms with Gasteiger partial charge in [0.1, 0.15) is 5.82 Å². The number of hydrogen-bond acceptors (Lipinski definition) is 5. The van der Waals surface area contributed by atoms with Crippen molar-refractivity contribution in [3.8, 4) is 0 Å². The van der Waals surface area contributed by atoms with Crippen LogP contribution in [0.4, 0.5) is 10.1 Å². The molecule has 2 amide bonds. The lowest BCUT2D eigenvalue weighted by molar-refractivity contribution is -0.142. The number of halogens is 1. The molecule has 0 N–H and O–H groups in total. The van der Waals surface area contributed by atoms with E-state index in [-0.39, 0.29) is 23.6 Å². The molecule has 8 heteroatoms. The van der Waals surface area contributed by atoms with E-state index in [1.54, 1.807) is 24.0 Å². The maximum absolute atomic E-state index is 14.4. The maximum Gasteiger partial charge on any atom is 0.239 e. The number of amides is 2. The first-order valence-electron chi connectivity index (χ1n) is 10.1. The molecule has 0 radical (unpaired) electrons. The van der Waals surface area contributed by atoms with E-state index in [9.17, 15) is 18.8 Å². The summed E-state index contributed by atoms with van der Waals surface area (Å²) in [6.07, 6.45) is 0. The van der Waals surface area contributed by atoms with Crippen LogP contribution in [-0.2, 0) is 9.59 Å². The quantitative estimate of drug-likeness (QED) is 0.707. The standard InChI is InChI=1S/C21H29FN4O3/c1-15(21(29)26-12-8-24(9-13-26)17(3)28)23-6-10-25(11-7-23)20-5-4-18(16(2)27)14-19(20)22/h4-5,14-15H,6-13H2,1-3H3. The second-order valence-electron chi connectivity index (χ2n) is 7.75. The van der Waals surface area contributed by atoms with E-state index in [2.05, 4.69) is 4.90 Å². The molecule has 0 saturated carbocycles. The molecular formula is C21H29FN4O3. The van der Waals surface area contributed by atoms with E-state index in [0.717, 1.165) is 0 Å². The fraction of sp³-hybridized carbons (Fsp3) is 0.571. The first-order chi connectivity index (χ1) is 13.8. The third kappa shape index (κ3) is 4.75. The number of rotatable bonds is 4. The molecule has 3 rings (SSSR count). The Bertz CT molecular complexity index is 784. The van der Waals surface area contributed by atoms with Crippen molar-refractivity contribution in [2.75, 3.05) is 57.3 Å². The van der Waals surface area contributed by atoms with Crippen LogP contribution in [0, 0.1) is 5.82 Å². The second kappa shape index (κ2) is 8.90. The van der Waals surface area contributed by atoms with Crippen LogP contribution in [0.1, 0.15) is 31.1 Å². The highest BCUT2D eigenvalue weighted by molar-refractivity contribution is 5.94. The van der Waals surface area contributed by atoms with Crippen LogP contribution in [0.5, 0.6) is 0 Å². The molecule has 1 aromatic carbocycles. The Morgan fingerprint density at radius 1 is 0.897 bits per heavy atom. The Morgan fingerprint density at radius 2 is 1.48 bits per heavy atom. The number of piperazine rings is 2. The van der Waals surface area contributed by atoms with E-state index in [4.69, 9.17) is 0 Å². The zero-order valence-corrected chi connectivity index (χ0v) is 17.4. The topological polar surface area (TPSA) is 64.2 Å². The molecule has 1 unspecified atom stereocenters. The summed E-state index contributed by atoms with van der Waals surface area (Å²) in [7, 11) is 0. The number of hydrogen-bond donors (Lipinski definition) is 0. The summed E-state index contributed by atoms with van der Waals surface area (Å²) in [5.74, 6) is -0.418. The van der Waals surface area contributed by atoms with Gasteiger partial charge >= 0.3 is 0 Å². The molecule has 158 valence electrons. The molecule has 0 aromatic heterocycles. The summed E-state index contributed by atoms with van der Waals surface area (Å²) < 4.78 is 14.4. The van der Waals surface area contributed by atoms with E-state index in [0.29, 0.717) is 63.6 Å². The van der Waals surface area contributed by atoms with E-state index in [1.165, 1.54) is 13.0 Å². The van der Waals surface area contributed by atoms with Gasteiger partial charge in [0, 0.05) is 64.8 Å². The molecular weight excluding hydrogens is 375 g/mol. The SMILES string of the molecule is CC(=O)c1ccc(N2CCN(C(C)C(=O)N3CCN(C(C)=O)CC3)CC2)c(F)c1. The molecule has 2 heterocycles. The second-order valence-corrected chi connectivity index (χ2v) is 7.75. The first-order valence-corrected chi connectivity index (χ1v) is 10.1. The van der Waals surface area contributed by atoms with Gasteiger partial charge in [-0.3, -0.25) is 19.3 Å². The van der Waals surface area contributed by atoms with Crippen LogP contribution < -0.4 is 4.90 Å². The van der Waals surface area contributed by atoms with Crippen molar-refractivity contribution in [3.63, 3.8) is 0 Å². The van der Waals surface area contributed by atoms with Gasteiger partial charge in [-0.05, 0) is 32.0 Å². The zero-order valence-electron chi connectivity index (χ0n) is 17.4. The number of benzene rings is 1. The predicted molar refractivity (Wildman–Crippen MR) is 108 cm³/mol. The van der Waals surface area contributed by atoms with Gasteiger partial charge in [-0.2, -0.15) is 0 Å². The average molecular weight is 404 g/mol. The van der Waals surface area contributed by atoms with Crippen LogP contribution >= 0.6 is 0 Å². The molecule has 29 heavy (non-hydrogen) atoms. The minimum atomic E-state index is -0.390. The predicted octanol–water partition coefficient (Wildman–Crippen LogP) is 1.23. The third-order valence-electron chi connectivity index (χ3n) is 5.95. The number of ketones is 1. The van der Waals surface area contributed by atoms with Crippen molar-refractivity contribution in [2.45, 2.75) is 26.8 Å². The third-order valence-corrected chi connectivity index (χ3v) is 5.95. The van der Waals surface area contributed by atoms with Crippen LogP contribution in [0.3, 0.4) is 0 Å². The molecule has 0 aliphatic carbocycles. The lowest BCUT2D eigenvalue weighted by atomic mass is 10.1. The molecule has 7 nitrogen and oxygen atoms in total. The van der Waals surface area contributed by atoms with E-state index >= 15 is 0 Å². The molecule has 0 spiro atoms. The Morgan fingerprint density at radius 3 is 2.00 bits per heavy atom. The van der Waals surface area contributed by atoms with Gasteiger partial charge in [0.2, 0.25) is 11.8 Å². The molecule has 2 aliphatic rings.